The second kappa shape index (κ2) is 6.30. The van der Waals surface area contributed by atoms with Gasteiger partial charge in [-0.1, -0.05) is 0 Å². The lowest BCUT2D eigenvalue weighted by molar-refractivity contribution is -0.138. The van der Waals surface area contributed by atoms with Gasteiger partial charge in [0, 0.05) is 32.7 Å². The molecule has 2 saturated heterocycles. The summed E-state index contributed by atoms with van der Waals surface area (Å²) in [6.07, 6.45) is 0.0706. The molecule has 0 spiro atoms. The Hall–Kier alpha value is -0.690. The van der Waals surface area contributed by atoms with E-state index in [1.165, 1.54) is 0 Å². The predicted octanol–water partition coefficient (Wildman–Crippen LogP) is -1.50. The molecule has 2 aliphatic rings. The van der Waals surface area contributed by atoms with Crippen LogP contribution in [0.4, 0.5) is 0 Å². The average Bonchev–Trinajstić information content (AvgIpc) is 2.40. The Labute approximate surface area is 102 Å². The monoisotopic (exact) mass is 243 g/mol. The molecule has 2 heterocycles. The molecule has 6 heteroatoms. The largest absolute Gasteiger partial charge is 0.378 e. The predicted molar refractivity (Wildman–Crippen MR) is 62.6 cm³/mol. The van der Waals surface area contributed by atoms with E-state index < -0.39 is 0 Å². The first-order valence-electron chi connectivity index (χ1n) is 6.19. The van der Waals surface area contributed by atoms with Gasteiger partial charge in [0.15, 0.2) is 0 Å². The number of hydrogen-bond acceptors (Lipinski definition) is 5. The number of carbonyl (C=O) groups excluding carboxylic acids is 1. The summed E-state index contributed by atoms with van der Waals surface area (Å²) in [5.74, 6) is 0.186. The fourth-order valence-corrected chi connectivity index (χ4v) is 2.17. The second-order valence-electron chi connectivity index (χ2n) is 4.46. The lowest BCUT2D eigenvalue weighted by Crippen LogP contribution is -2.51. The van der Waals surface area contributed by atoms with Gasteiger partial charge in [-0.05, 0) is 0 Å². The smallest absolute Gasteiger partial charge is 0.236 e. The van der Waals surface area contributed by atoms with E-state index >= 15 is 0 Å². The highest BCUT2D eigenvalue weighted by molar-refractivity contribution is 5.78. The first kappa shape index (κ1) is 12.8. The molecular formula is C11H21N3O3. The maximum absolute atomic E-state index is 12.0. The zero-order valence-electron chi connectivity index (χ0n) is 10.1. The molecule has 0 bridgehead atoms. The minimum Gasteiger partial charge on any atom is -0.378 e. The minimum absolute atomic E-state index is 0.0706. The SMILES string of the molecule is NCC1CN(CC(=O)N2CCOCC2)CCO1. The van der Waals surface area contributed by atoms with Crippen molar-refractivity contribution in [2.24, 2.45) is 5.73 Å². The summed E-state index contributed by atoms with van der Waals surface area (Å²) in [5, 5.41) is 0. The Morgan fingerprint density at radius 3 is 2.71 bits per heavy atom. The van der Waals surface area contributed by atoms with Crippen LogP contribution >= 0.6 is 0 Å². The van der Waals surface area contributed by atoms with E-state index in [1.807, 2.05) is 4.90 Å². The van der Waals surface area contributed by atoms with Crippen LogP contribution < -0.4 is 5.73 Å². The Kier molecular flexibility index (Phi) is 4.73. The zero-order valence-corrected chi connectivity index (χ0v) is 10.1. The molecular weight excluding hydrogens is 222 g/mol. The molecule has 6 nitrogen and oxygen atoms in total. The molecule has 0 aliphatic carbocycles. The van der Waals surface area contributed by atoms with Crippen molar-refractivity contribution in [2.75, 3.05) is 59.1 Å². The lowest BCUT2D eigenvalue weighted by atomic mass is 10.2. The molecule has 0 aromatic rings. The summed E-state index contributed by atoms with van der Waals surface area (Å²) >= 11 is 0. The summed E-state index contributed by atoms with van der Waals surface area (Å²) < 4.78 is 10.7. The van der Waals surface area contributed by atoms with Gasteiger partial charge in [0.05, 0.1) is 32.5 Å². The zero-order chi connectivity index (χ0) is 12.1. The Balaban J connectivity index is 1.77. The van der Waals surface area contributed by atoms with E-state index in [0.717, 1.165) is 13.1 Å². The standard InChI is InChI=1S/C11H21N3O3/c12-7-10-8-13(1-6-17-10)9-11(15)14-2-4-16-5-3-14/h10H,1-9,12H2. The first-order valence-corrected chi connectivity index (χ1v) is 6.19. The third kappa shape index (κ3) is 3.64. The molecule has 17 heavy (non-hydrogen) atoms. The van der Waals surface area contributed by atoms with Crippen LogP contribution in [0.2, 0.25) is 0 Å². The third-order valence-corrected chi connectivity index (χ3v) is 3.21. The van der Waals surface area contributed by atoms with Crippen LogP contribution in [0.5, 0.6) is 0 Å². The number of nitrogens with two attached hydrogens (primary N) is 1. The summed E-state index contributed by atoms with van der Waals surface area (Å²) in [5.41, 5.74) is 5.58. The van der Waals surface area contributed by atoms with Crippen LogP contribution in [-0.2, 0) is 14.3 Å². The summed E-state index contributed by atoms with van der Waals surface area (Å²) in [7, 11) is 0. The number of carbonyl (C=O) groups is 1. The van der Waals surface area contributed by atoms with Gasteiger partial charge < -0.3 is 20.1 Å². The van der Waals surface area contributed by atoms with E-state index in [0.29, 0.717) is 46.0 Å². The van der Waals surface area contributed by atoms with Gasteiger partial charge in [-0.2, -0.15) is 0 Å². The highest BCUT2D eigenvalue weighted by Crippen LogP contribution is 2.05. The van der Waals surface area contributed by atoms with Crippen LogP contribution in [-0.4, -0.2) is 80.9 Å². The van der Waals surface area contributed by atoms with Crippen molar-refractivity contribution in [3.63, 3.8) is 0 Å². The van der Waals surface area contributed by atoms with Crippen molar-refractivity contribution in [2.45, 2.75) is 6.10 Å². The molecule has 0 saturated carbocycles. The Morgan fingerprint density at radius 1 is 1.24 bits per heavy atom. The topological polar surface area (TPSA) is 68.0 Å². The van der Waals surface area contributed by atoms with E-state index in [9.17, 15) is 4.79 Å². The highest BCUT2D eigenvalue weighted by Gasteiger charge is 2.24. The molecule has 0 radical (unpaired) electrons. The van der Waals surface area contributed by atoms with E-state index in [-0.39, 0.29) is 12.0 Å². The van der Waals surface area contributed by atoms with Crippen molar-refractivity contribution in [1.82, 2.24) is 9.80 Å². The van der Waals surface area contributed by atoms with Crippen molar-refractivity contribution >= 4 is 5.91 Å². The van der Waals surface area contributed by atoms with Crippen molar-refractivity contribution in [3.05, 3.63) is 0 Å². The summed E-state index contributed by atoms with van der Waals surface area (Å²) in [6.45, 7) is 5.95. The van der Waals surface area contributed by atoms with Crippen LogP contribution in [0.25, 0.3) is 0 Å². The van der Waals surface area contributed by atoms with Gasteiger partial charge in [0.25, 0.3) is 0 Å². The maximum Gasteiger partial charge on any atom is 0.236 e. The van der Waals surface area contributed by atoms with Gasteiger partial charge in [0.2, 0.25) is 5.91 Å². The third-order valence-electron chi connectivity index (χ3n) is 3.21. The van der Waals surface area contributed by atoms with Crippen LogP contribution in [0.3, 0.4) is 0 Å². The molecule has 1 atom stereocenters. The molecule has 2 fully saturated rings. The molecule has 2 rings (SSSR count). The van der Waals surface area contributed by atoms with E-state index in [1.54, 1.807) is 0 Å². The number of nitrogens with zero attached hydrogens (tertiary/aromatic N) is 2. The highest BCUT2D eigenvalue weighted by atomic mass is 16.5. The average molecular weight is 243 g/mol. The Morgan fingerprint density at radius 2 is 2.00 bits per heavy atom. The van der Waals surface area contributed by atoms with Gasteiger partial charge in [0.1, 0.15) is 0 Å². The van der Waals surface area contributed by atoms with Crippen molar-refractivity contribution in [3.8, 4) is 0 Å². The number of hydrogen-bond donors (Lipinski definition) is 1. The van der Waals surface area contributed by atoms with Gasteiger partial charge in [-0.25, -0.2) is 0 Å². The minimum atomic E-state index is 0.0706. The fraction of sp³-hybridized carbons (Fsp3) is 0.909. The Bertz CT molecular complexity index is 256. The van der Waals surface area contributed by atoms with Gasteiger partial charge in [-0.3, -0.25) is 9.69 Å². The molecule has 2 N–H and O–H groups in total. The fourth-order valence-electron chi connectivity index (χ4n) is 2.17. The quantitative estimate of drug-likeness (QED) is 0.654. The molecule has 1 amide bonds. The van der Waals surface area contributed by atoms with Crippen molar-refractivity contribution < 1.29 is 14.3 Å². The van der Waals surface area contributed by atoms with Crippen LogP contribution in [0.15, 0.2) is 0 Å². The molecule has 1 unspecified atom stereocenters. The van der Waals surface area contributed by atoms with Crippen molar-refractivity contribution in [1.29, 1.82) is 0 Å². The van der Waals surface area contributed by atoms with E-state index in [4.69, 9.17) is 15.2 Å². The molecule has 2 aliphatic heterocycles. The number of rotatable bonds is 3. The van der Waals surface area contributed by atoms with Gasteiger partial charge in [-0.15, -0.1) is 0 Å². The molecule has 98 valence electrons. The van der Waals surface area contributed by atoms with Crippen LogP contribution in [0, 0.1) is 0 Å². The second-order valence-corrected chi connectivity index (χ2v) is 4.46. The molecule has 0 aromatic carbocycles. The van der Waals surface area contributed by atoms with Crippen LogP contribution in [0.1, 0.15) is 0 Å². The van der Waals surface area contributed by atoms with E-state index in [2.05, 4.69) is 4.90 Å². The van der Waals surface area contributed by atoms with Gasteiger partial charge >= 0.3 is 0 Å². The lowest BCUT2D eigenvalue weighted by Gasteiger charge is -2.34. The number of ether oxygens (including phenoxy) is 2. The number of amides is 1. The normalized spacial score (nSPS) is 27.1. The number of morpholine rings is 2. The summed E-state index contributed by atoms with van der Waals surface area (Å²) in [6, 6.07) is 0. The molecule has 0 aromatic heterocycles. The maximum atomic E-state index is 12.0. The summed E-state index contributed by atoms with van der Waals surface area (Å²) in [4.78, 5) is 16.0. The first-order chi connectivity index (χ1) is 8.29.